The molecule has 0 aliphatic rings. The van der Waals surface area contributed by atoms with Crippen LogP contribution in [0.2, 0.25) is 5.02 Å². The summed E-state index contributed by atoms with van der Waals surface area (Å²) in [5, 5.41) is 7.64. The summed E-state index contributed by atoms with van der Waals surface area (Å²) in [5.41, 5.74) is -0.277. The Kier molecular flexibility index (Phi) is 5.73. The Hall–Kier alpha value is -2.48. The number of carbonyl (C=O) groups is 1. The van der Waals surface area contributed by atoms with Gasteiger partial charge in [-0.3, -0.25) is 0 Å². The van der Waals surface area contributed by atoms with E-state index < -0.39 is 11.7 Å². The summed E-state index contributed by atoms with van der Waals surface area (Å²) in [7, 11) is 0. The van der Waals surface area contributed by atoms with Gasteiger partial charge < -0.3 is 16.0 Å². The molecule has 0 spiro atoms. The lowest BCUT2D eigenvalue weighted by Crippen LogP contribution is -2.34. The molecule has 2 aromatic rings. The Balaban J connectivity index is 2.08. The van der Waals surface area contributed by atoms with E-state index in [2.05, 4.69) is 20.9 Å². The molecule has 0 atom stereocenters. The van der Waals surface area contributed by atoms with Crippen molar-refractivity contribution in [1.29, 1.82) is 0 Å². The summed E-state index contributed by atoms with van der Waals surface area (Å²) in [5.74, 6) is 0.324. The quantitative estimate of drug-likeness (QED) is 0.705. The van der Waals surface area contributed by atoms with Crippen LogP contribution in [0.25, 0.3) is 0 Å². The van der Waals surface area contributed by atoms with Crippen molar-refractivity contribution in [3.8, 4) is 0 Å². The highest BCUT2D eigenvalue weighted by Crippen LogP contribution is 2.36. The highest BCUT2D eigenvalue weighted by atomic mass is 35.5. The Labute approximate surface area is 147 Å². The molecule has 0 radical (unpaired) electrons. The Morgan fingerprint density at radius 1 is 1.16 bits per heavy atom. The lowest BCUT2D eigenvalue weighted by molar-refractivity contribution is -0.137. The summed E-state index contributed by atoms with van der Waals surface area (Å²) in [6, 6.07) is 6.22. The standard InChI is InChI=1S/C16H16ClF3N4O/c1-9(2)22-15(25)24-11-4-6-14(21-8-11)23-10-3-5-13(17)12(7-10)16(18,19)20/h3-9H,1-2H3,(H,21,23)(H2,22,24,25). The molecule has 0 unspecified atom stereocenters. The molecule has 9 heteroatoms. The van der Waals surface area contributed by atoms with Gasteiger partial charge in [0.1, 0.15) is 5.82 Å². The van der Waals surface area contributed by atoms with Gasteiger partial charge in [-0.1, -0.05) is 11.6 Å². The van der Waals surface area contributed by atoms with Crippen molar-refractivity contribution >= 4 is 34.8 Å². The van der Waals surface area contributed by atoms with Crippen LogP contribution in [0, 0.1) is 0 Å². The van der Waals surface area contributed by atoms with Crippen molar-refractivity contribution in [3.05, 3.63) is 47.1 Å². The third kappa shape index (κ3) is 5.53. The van der Waals surface area contributed by atoms with Crippen LogP contribution in [-0.4, -0.2) is 17.1 Å². The van der Waals surface area contributed by atoms with Gasteiger partial charge in [-0.2, -0.15) is 13.2 Å². The van der Waals surface area contributed by atoms with Crippen molar-refractivity contribution in [2.75, 3.05) is 10.6 Å². The zero-order valence-electron chi connectivity index (χ0n) is 13.4. The second kappa shape index (κ2) is 7.60. The number of nitrogens with zero attached hydrogens (tertiary/aromatic N) is 1. The molecule has 3 N–H and O–H groups in total. The average Bonchev–Trinajstić information content (AvgIpc) is 2.49. The fourth-order valence-corrected chi connectivity index (χ4v) is 2.16. The van der Waals surface area contributed by atoms with E-state index >= 15 is 0 Å². The van der Waals surface area contributed by atoms with Crippen LogP contribution in [0.4, 0.5) is 35.2 Å². The number of anilines is 3. The first-order chi connectivity index (χ1) is 11.6. The molecule has 0 aliphatic heterocycles. The summed E-state index contributed by atoms with van der Waals surface area (Å²) >= 11 is 5.58. The molecule has 1 aromatic carbocycles. The van der Waals surface area contributed by atoms with Crippen molar-refractivity contribution < 1.29 is 18.0 Å². The number of nitrogens with one attached hydrogen (secondary N) is 3. The van der Waals surface area contributed by atoms with Gasteiger partial charge in [0.2, 0.25) is 0 Å². The Morgan fingerprint density at radius 3 is 2.40 bits per heavy atom. The third-order valence-corrected chi connectivity index (χ3v) is 3.31. The van der Waals surface area contributed by atoms with E-state index in [9.17, 15) is 18.0 Å². The highest BCUT2D eigenvalue weighted by molar-refractivity contribution is 6.31. The van der Waals surface area contributed by atoms with E-state index in [0.717, 1.165) is 6.07 Å². The number of halogens is 4. The number of pyridine rings is 1. The summed E-state index contributed by atoms with van der Waals surface area (Å²) in [4.78, 5) is 15.6. The van der Waals surface area contributed by atoms with Gasteiger partial charge in [0.05, 0.1) is 22.5 Å². The number of carbonyl (C=O) groups excluding carboxylic acids is 1. The highest BCUT2D eigenvalue weighted by Gasteiger charge is 2.33. The lowest BCUT2D eigenvalue weighted by Gasteiger charge is -2.13. The minimum atomic E-state index is -4.54. The number of alkyl halides is 3. The van der Waals surface area contributed by atoms with Gasteiger partial charge in [-0.05, 0) is 44.2 Å². The first-order valence-electron chi connectivity index (χ1n) is 7.32. The molecule has 0 aliphatic carbocycles. The Morgan fingerprint density at radius 2 is 1.84 bits per heavy atom. The minimum absolute atomic E-state index is 0.0124. The van der Waals surface area contributed by atoms with Crippen LogP contribution in [0.5, 0.6) is 0 Å². The third-order valence-electron chi connectivity index (χ3n) is 2.99. The normalized spacial score (nSPS) is 11.3. The lowest BCUT2D eigenvalue weighted by atomic mass is 10.2. The number of hydrogen-bond donors (Lipinski definition) is 3. The molecule has 2 amide bonds. The minimum Gasteiger partial charge on any atom is -0.340 e. The largest absolute Gasteiger partial charge is 0.417 e. The van der Waals surface area contributed by atoms with Gasteiger partial charge in [-0.15, -0.1) is 0 Å². The van der Waals surface area contributed by atoms with Crippen LogP contribution in [0.3, 0.4) is 0 Å². The van der Waals surface area contributed by atoms with Crippen LogP contribution in [0.15, 0.2) is 36.5 Å². The molecule has 134 valence electrons. The van der Waals surface area contributed by atoms with Crippen molar-refractivity contribution in [2.24, 2.45) is 0 Å². The van der Waals surface area contributed by atoms with Gasteiger partial charge in [-0.25, -0.2) is 9.78 Å². The summed E-state index contributed by atoms with van der Waals surface area (Å²) < 4.78 is 38.6. The first-order valence-corrected chi connectivity index (χ1v) is 7.70. The SMILES string of the molecule is CC(C)NC(=O)Nc1ccc(Nc2ccc(Cl)c(C(F)(F)F)c2)nc1. The van der Waals surface area contributed by atoms with Crippen molar-refractivity contribution in [2.45, 2.75) is 26.1 Å². The fraction of sp³-hybridized carbons (Fsp3) is 0.250. The van der Waals surface area contributed by atoms with Gasteiger partial charge in [0.15, 0.2) is 0 Å². The Bertz CT molecular complexity index is 748. The number of aromatic nitrogens is 1. The molecule has 2 rings (SSSR count). The number of rotatable bonds is 4. The maximum absolute atomic E-state index is 12.9. The number of urea groups is 1. The smallest absolute Gasteiger partial charge is 0.340 e. The molecule has 0 saturated heterocycles. The molecular weight excluding hydrogens is 357 g/mol. The summed E-state index contributed by atoms with van der Waals surface area (Å²) in [6.45, 7) is 3.65. The van der Waals surface area contributed by atoms with Crippen LogP contribution < -0.4 is 16.0 Å². The molecule has 1 aromatic heterocycles. The maximum Gasteiger partial charge on any atom is 0.417 e. The summed E-state index contributed by atoms with van der Waals surface area (Å²) in [6.07, 6.45) is -3.15. The van der Waals surface area contributed by atoms with Crippen molar-refractivity contribution in [1.82, 2.24) is 10.3 Å². The van der Waals surface area contributed by atoms with Gasteiger partial charge in [0, 0.05) is 11.7 Å². The zero-order valence-corrected chi connectivity index (χ0v) is 14.2. The first kappa shape index (κ1) is 18.9. The zero-order chi connectivity index (χ0) is 18.6. The van der Waals surface area contributed by atoms with E-state index in [0.29, 0.717) is 11.5 Å². The number of hydrogen-bond acceptors (Lipinski definition) is 3. The fourth-order valence-electron chi connectivity index (χ4n) is 1.94. The predicted molar refractivity (Wildman–Crippen MR) is 91.3 cm³/mol. The monoisotopic (exact) mass is 372 g/mol. The van der Waals surface area contributed by atoms with E-state index in [4.69, 9.17) is 11.6 Å². The molecule has 0 fully saturated rings. The van der Waals surface area contributed by atoms with E-state index in [1.807, 2.05) is 13.8 Å². The molecule has 1 heterocycles. The number of amides is 2. The van der Waals surface area contributed by atoms with Gasteiger partial charge >= 0.3 is 12.2 Å². The maximum atomic E-state index is 12.9. The van der Waals surface area contributed by atoms with Crippen LogP contribution >= 0.6 is 11.6 Å². The van der Waals surface area contributed by atoms with E-state index in [1.165, 1.54) is 24.4 Å². The average molecular weight is 373 g/mol. The topological polar surface area (TPSA) is 66.1 Å². The molecule has 0 bridgehead atoms. The molecule has 25 heavy (non-hydrogen) atoms. The molecule has 0 saturated carbocycles. The molecular formula is C16H16ClF3N4O. The van der Waals surface area contributed by atoms with Crippen LogP contribution in [0.1, 0.15) is 19.4 Å². The van der Waals surface area contributed by atoms with Crippen LogP contribution in [-0.2, 0) is 6.18 Å². The predicted octanol–water partition coefficient (Wildman–Crippen LogP) is 5.03. The van der Waals surface area contributed by atoms with Gasteiger partial charge in [0.25, 0.3) is 0 Å². The van der Waals surface area contributed by atoms with E-state index in [1.54, 1.807) is 6.07 Å². The second-order valence-corrected chi connectivity index (χ2v) is 5.91. The molecule has 5 nitrogen and oxygen atoms in total. The van der Waals surface area contributed by atoms with E-state index in [-0.39, 0.29) is 22.8 Å². The number of benzene rings is 1. The second-order valence-electron chi connectivity index (χ2n) is 5.50. The van der Waals surface area contributed by atoms with Crippen molar-refractivity contribution in [3.63, 3.8) is 0 Å².